The molecule has 6 heteroatoms. The number of anilines is 1. The van der Waals surface area contributed by atoms with Crippen LogP contribution in [0.1, 0.15) is 0 Å². The second kappa shape index (κ2) is 8.56. The van der Waals surface area contributed by atoms with E-state index in [-0.39, 0.29) is 6.04 Å². The Morgan fingerprint density at radius 3 is 2.23 bits per heavy atom. The van der Waals surface area contributed by atoms with Gasteiger partial charge in [-0.25, -0.2) is 0 Å². The number of allylic oxidation sites excluding steroid dienone is 2. The van der Waals surface area contributed by atoms with Gasteiger partial charge in [-0.2, -0.15) is 0 Å². The van der Waals surface area contributed by atoms with E-state index in [1.54, 1.807) is 23.9 Å². The van der Waals surface area contributed by atoms with Crippen LogP contribution >= 0.6 is 47.1 Å². The first-order valence-electron chi connectivity index (χ1n) is 9.46. The lowest BCUT2D eigenvalue weighted by molar-refractivity contribution is -0.241. The number of hydrogen-bond acceptors (Lipinski definition) is 3. The lowest BCUT2D eigenvalue weighted by Gasteiger charge is -2.34. The predicted octanol–water partition coefficient (Wildman–Crippen LogP) is 7.72. The van der Waals surface area contributed by atoms with E-state index in [0.717, 1.165) is 27.0 Å². The van der Waals surface area contributed by atoms with Crippen molar-refractivity contribution in [3.05, 3.63) is 107 Å². The largest absolute Gasteiger partial charge is 0.288 e. The third kappa shape index (κ3) is 3.93. The molecule has 0 amide bonds. The third-order valence-corrected chi connectivity index (χ3v) is 7.46. The summed E-state index contributed by atoms with van der Waals surface area (Å²) in [5.41, 5.74) is 3.30. The molecule has 30 heavy (non-hydrogen) atoms. The van der Waals surface area contributed by atoms with E-state index in [4.69, 9.17) is 23.2 Å². The summed E-state index contributed by atoms with van der Waals surface area (Å²) in [4.78, 5) is 2.33. The van der Waals surface area contributed by atoms with Crippen molar-refractivity contribution in [2.24, 2.45) is 0 Å². The molecule has 5 rings (SSSR count). The number of nitrogens with zero attached hydrogens (tertiary/aromatic N) is 2. The van der Waals surface area contributed by atoms with Gasteiger partial charge in [0.15, 0.2) is 0 Å². The molecule has 0 saturated carbocycles. The van der Waals surface area contributed by atoms with E-state index in [1.807, 2.05) is 30.3 Å². The average Bonchev–Trinajstić information content (AvgIpc) is 2.77. The number of halogens is 2. The second-order valence-electron chi connectivity index (χ2n) is 6.82. The van der Waals surface area contributed by atoms with Gasteiger partial charge in [0.05, 0.1) is 4.90 Å². The molecule has 1 heterocycles. The molecule has 0 N–H and O–H groups in total. The molecule has 0 saturated heterocycles. The third-order valence-electron chi connectivity index (χ3n) is 4.80. The summed E-state index contributed by atoms with van der Waals surface area (Å²) in [7, 11) is 0. The maximum absolute atomic E-state index is 6.44. The van der Waals surface area contributed by atoms with Crippen molar-refractivity contribution in [2.45, 2.75) is 15.8 Å². The highest BCUT2D eigenvalue weighted by Gasteiger charge is 2.41. The van der Waals surface area contributed by atoms with Gasteiger partial charge in [0.2, 0.25) is 23.3 Å². The Morgan fingerprint density at radius 2 is 1.50 bits per heavy atom. The molecule has 1 aliphatic carbocycles. The maximum atomic E-state index is 6.44. The summed E-state index contributed by atoms with van der Waals surface area (Å²) >= 11 is 16.3. The predicted molar refractivity (Wildman–Crippen MR) is 130 cm³/mol. The fourth-order valence-electron chi connectivity index (χ4n) is 3.46. The highest BCUT2D eigenvalue weighted by molar-refractivity contribution is 8.00. The number of rotatable bonds is 4. The fraction of sp³-hybridized carbons (Fsp3) is 0.0417. The van der Waals surface area contributed by atoms with Gasteiger partial charge >= 0.3 is 0 Å². The van der Waals surface area contributed by atoms with Gasteiger partial charge in [0.25, 0.3) is 0 Å². The first-order valence-corrected chi connectivity index (χ1v) is 11.8. The van der Waals surface area contributed by atoms with Crippen LogP contribution < -0.4 is 4.31 Å². The van der Waals surface area contributed by atoms with Gasteiger partial charge in [-0.05, 0) is 60.5 Å². The van der Waals surface area contributed by atoms with E-state index >= 15 is 0 Å². The zero-order valence-electron chi connectivity index (χ0n) is 15.8. The normalized spacial score (nSPS) is 17.5. The highest BCUT2D eigenvalue weighted by atomic mass is 35.5. The van der Waals surface area contributed by atoms with Crippen LogP contribution in [0.25, 0.3) is 0 Å². The molecule has 1 unspecified atom stereocenters. The molecule has 0 fully saturated rings. The van der Waals surface area contributed by atoms with Crippen molar-refractivity contribution in [3.8, 4) is 0 Å². The van der Waals surface area contributed by atoms with E-state index in [9.17, 15) is 0 Å². The fourth-order valence-corrected chi connectivity index (χ4v) is 5.85. The molecule has 1 atom stereocenters. The van der Waals surface area contributed by atoms with E-state index in [0.29, 0.717) is 5.02 Å². The minimum atomic E-state index is -0.00223. The summed E-state index contributed by atoms with van der Waals surface area (Å²) in [6, 6.07) is 26.8. The van der Waals surface area contributed by atoms with Crippen molar-refractivity contribution >= 4 is 64.2 Å². The van der Waals surface area contributed by atoms with Gasteiger partial charge in [0.1, 0.15) is 11.7 Å². The molecule has 3 aromatic carbocycles. The molecule has 1 aliphatic heterocycles. The molecule has 3 aromatic rings. The van der Waals surface area contributed by atoms with Gasteiger partial charge in [-0.15, -0.1) is 3.98 Å². The van der Waals surface area contributed by atoms with Gasteiger partial charge in [-0.3, -0.25) is 4.31 Å². The Morgan fingerprint density at radius 1 is 0.800 bits per heavy atom. The number of hydrogen-bond donors (Lipinski definition) is 0. The Hall–Kier alpha value is -2.11. The van der Waals surface area contributed by atoms with E-state index in [1.165, 1.54) is 4.90 Å². The van der Waals surface area contributed by atoms with Crippen LogP contribution in [-0.2, 0) is 0 Å². The maximum Gasteiger partial charge on any atom is 0.245 e. The molecule has 0 spiro atoms. The molecule has 0 bridgehead atoms. The van der Waals surface area contributed by atoms with Crippen LogP contribution in [0, 0.1) is 0 Å². The molecule has 0 aromatic heterocycles. The quantitative estimate of drug-likeness (QED) is 0.286. The summed E-state index contributed by atoms with van der Waals surface area (Å²) in [6.45, 7) is 0. The van der Waals surface area contributed by atoms with Crippen molar-refractivity contribution in [2.75, 3.05) is 4.31 Å². The highest BCUT2D eigenvalue weighted by Crippen LogP contribution is 2.46. The summed E-state index contributed by atoms with van der Waals surface area (Å²) in [5, 5.41) is 1.45. The van der Waals surface area contributed by atoms with Gasteiger partial charge in [-0.1, -0.05) is 59.6 Å². The minimum absolute atomic E-state index is 0.00223. The molecule has 2 aliphatic rings. The summed E-state index contributed by atoms with van der Waals surface area (Å²) < 4.78 is 4.57. The summed E-state index contributed by atoms with van der Waals surface area (Å²) in [6.07, 6.45) is 6.15. The van der Waals surface area contributed by atoms with E-state index < -0.39 is 0 Å². The Bertz CT molecular complexity index is 1170. The van der Waals surface area contributed by atoms with Crippen molar-refractivity contribution in [1.29, 1.82) is 0 Å². The van der Waals surface area contributed by atoms with Crippen LogP contribution in [0.2, 0.25) is 5.02 Å². The molecular formula is C24H17Cl2N2S2+. The lowest BCUT2D eigenvalue weighted by atomic mass is 10.0. The molecule has 2 nitrogen and oxygen atoms in total. The number of benzene rings is 3. The second-order valence-corrected chi connectivity index (χ2v) is 9.76. The van der Waals surface area contributed by atoms with Gasteiger partial charge < -0.3 is 0 Å². The van der Waals surface area contributed by atoms with Crippen molar-refractivity contribution in [3.63, 3.8) is 0 Å². The van der Waals surface area contributed by atoms with E-state index in [2.05, 4.69) is 75.0 Å². The Labute approximate surface area is 194 Å². The Balaban J connectivity index is 1.67. The van der Waals surface area contributed by atoms with Crippen LogP contribution in [-0.4, -0.2) is 15.7 Å². The van der Waals surface area contributed by atoms with Crippen LogP contribution in [0.15, 0.2) is 112 Å². The lowest BCUT2D eigenvalue weighted by Crippen LogP contribution is -2.42. The Kier molecular flexibility index (Phi) is 5.66. The topological polar surface area (TPSA) is 6.25 Å². The minimum Gasteiger partial charge on any atom is -0.288 e. The first kappa shape index (κ1) is 19.8. The monoisotopic (exact) mass is 467 g/mol. The first-order chi connectivity index (χ1) is 14.7. The molecule has 0 radical (unpaired) electrons. The molecular weight excluding hydrogens is 451 g/mol. The van der Waals surface area contributed by atoms with Crippen LogP contribution in [0.4, 0.5) is 11.4 Å². The zero-order valence-corrected chi connectivity index (χ0v) is 18.9. The smallest absolute Gasteiger partial charge is 0.245 e. The average molecular weight is 468 g/mol. The van der Waals surface area contributed by atoms with Gasteiger partial charge in [0, 0.05) is 27.1 Å². The number of fused-ring (bicyclic) bond motifs is 2. The zero-order chi connectivity index (χ0) is 20.5. The van der Waals surface area contributed by atoms with Crippen molar-refractivity contribution in [1.82, 2.24) is 0 Å². The van der Waals surface area contributed by atoms with Crippen molar-refractivity contribution < 1.29 is 3.98 Å². The molecule has 148 valence electrons. The standard InChI is InChI=1S/C24H17Cl2N2S2/c25-17-12-14-22-23(15-17)27(29-19-7-3-1-4-8-19)21-13-11-18(26)16-24(21)28(22)30-20-9-5-2-6-10-20/h1-16,23H/q+1. The van der Waals surface area contributed by atoms with Crippen LogP contribution in [0.5, 0.6) is 0 Å². The summed E-state index contributed by atoms with van der Waals surface area (Å²) in [5.74, 6) is 0. The SMILES string of the molecule is ClC1=CC2C(=[N+](Sc3ccccc3)c3cc(Cl)ccc3N2Sc2ccccc2)C=C1. The van der Waals surface area contributed by atoms with Crippen LogP contribution in [0.3, 0.4) is 0 Å².